The number of benzene rings is 2. The summed E-state index contributed by atoms with van der Waals surface area (Å²) in [5.74, 6) is -0.0845. The number of hydrogen-bond acceptors (Lipinski definition) is 5. The minimum absolute atomic E-state index is 0.0423. The Morgan fingerprint density at radius 2 is 1.18 bits per heavy atom. The predicted molar refractivity (Wildman–Crippen MR) is 65.9 cm³/mol. The topological polar surface area (TPSA) is 106 Å². The van der Waals surface area contributed by atoms with Crippen LogP contribution >= 0.6 is 0 Å². The first-order valence-corrected chi connectivity index (χ1v) is 5.00. The lowest BCUT2D eigenvalue weighted by Crippen LogP contribution is -1.85. The summed E-state index contributed by atoms with van der Waals surface area (Å²) in [5.41, 5.74) is 12.5. The highest BCUT2D eigenvalue weighted by Gasteiger charge is 2.15. The van der Waals surface area contributed by atoms with Gasteiger partial charge in [-0.1, -0.05) is 0 Å². The van der Waals surface area contributed by atoms with Gasteiger partial charge in [0.1, 0.15) is 22.9 Å². The molecule has 17 heavy (non-hydrogen) atoms. The molecule has 0 atom stereocenters. The van der Waals surface area contributed by atoms with Crippen molar-refractivity contribution in [3.8, 4) is 11.5 Å². The Balaban J connectivity index is 2.58. The van der Waals surface area contributed by atoms with E-state index in [1.807, 2.05) is 0 Å². The summed E-state index contributed by atoms with van der Waals surface area (Å²) in [6, 6.07) is 6.39. The minimum Gasteiger partial charge on any atom is -0.506 e. The van der Waals surface area contributed by atoms with E-state index in [0.29, 0.717) is 11.2 Å². The van der Waals surface area contributed by atoms with E-state index in [2.05, 4.69) is 0 Å². The number of phenols is 2. The van der Waals surface area contributed by atoms with E-state index in [1.165, 1.54) is 12.1 Å². The zero-order chi connectivity index (χ0) is 12.2. The van der Waals surface area contributed by atoms with Gasteiger partial charge in [0.2, 0.25) is 0 Å². The van der Waals surface area contributed by atoms with Gasteiger partial charge in [-0.15, -0.1) is 0 Å². The summed E-state index contributed by atoms with van der Waals surface area (Å²) in [6.07, 6.45) is 0. The van der Waals surface area contributed by atoms with Gasteiger partial charge in [0.25, 0.3) is 0 Å². The van der Waals surface area contributed by atoms with Gasteiger partial charge in [0.05, 0.1) is 0 Å². The SMILES string of the molecule is Nc1c(O)ccc2c1oc1c(N)c(O)ccc12. The number of furan rings is 1. The quantitative estimate of drug-likeness (QED) is 0.350. The summed E-state index contributed by atoms with van der Waals surface area (Å²) in [7, 11) is 0. The summed E-state index contributed by atoms with van der Waals surface area (Å²) in [5, 5.41) is 20.5. The molecule has 0 saturated heterocycles. The van der Waals surface area contributed by atoms with E-state index in [4.69, 9.17) is 15.9 Å². The van der Waals surface area contributed by atoms with Gasteiger partial charge in [-0.25, -0.2) is 0 Å². The van der Waals surface area contributed by atoms with Crippen molar-refractivity contribution in [3.05, 3.63) is 24.3 Å². The van der Waals surface area contributed by atoms with E-state index in [-0.39, 0.29) is 22.9 Å². The molecule has 3 aromatic rings. The van der Waals surface area contributed by atoms with Crippen molar-refractivity contribution >= 4 is 33.3 Å². The Bertz CT molecular complexity index is 684. The molecule has 2 aromatic carbocycles. The van der Waals surface area contributed by atoms with Gasteiger partial charge in [0, 0.05) is 10.8 Å². The molecular weight excluding hydrogens is 220 g/mol. The molecule has 0 bridgehead atoms. The van der Waals surface area contributed by atoms with Crippen LogP contribution in [0.4, 0.5) is 11.4 Å². The molecule has 0 amide bonds. The molecule has 0 aliphatic rings. The number of fused-ring (bicyclic) bond motifs is 3. The first kappa shape index (κ1) is 9.65. The van der Waals surface area contributed by atoms with Crippen molar-refractivity contribution in [2.75, 3.05) is 11.5 Å². The molecule has 0 spiro atoms. The molecule has 1 aromatic heterocycles. The van der Waals surface area contributed by atoms with Gasteiger partial charge in [-0.3, -0.25) is 0 Å². The Labute approximate surface area is 95.9 Å². The maximum absolute atomic E-state index is 9.50. The Hall–Kier alpha value is -2.56. The average Bonchev–Trinajstić information content (AvgIpc) is 2.69. The number of nitrogen functional groups attached to an aromatic ring is 2. The molecular formula is C12H10N2O3. The monoisotopic (exact) mass is 230 g/mol. The second-order valence-corrected chi connectivity index (χ2v) is 3.85. The highest BCUT2D eigenvalue weighted by atomic mass is 16.3. The molecule has 0 fully saturated rings. The van der Waals surface area contributed by atoms with Gasteiger partial charge in [0.15, 0.2) is 11.2 Å². The lowest BCUT2D eigenvalue weighted by molar-refractivity contribution is 0.477. The number of hydrogen-bond donors (Lipinski definition) is 4. The van der Waals surface area contributed by atoms with Crippen LogP contribution in [0.5, 0.6) is 11.5 Å². The average molecular weight is 230 g/mol. The van der Waals surface area contributed by atoms with E-state index >= 15 is 0 Å². The van der Waals surface area contributed by atoms with E-state index < -0.39 is 0 Å². The molecule has 0 saturated carbocycles. The van der Waals surface area contributed by atoms with Crippen LogP contribution in [0, 0.1) is 0 Å². The van der Waals surface area contributed by atoms with Gasteiger partial charge in [-0.05, 0) is 24.3 Å². The molecule has 6 N–H and O–H groups in total. The van der Waals surface area contributed by atoms with Crippen LogP contribution in [0.15, 0.2) is 28.7 Å². The molecule has 5 nitrogen and oxygen atoms in total. The largest absolute Gasteiger partial charge is 0.506 e. The molecule has 0 aliphatic heterocycles. The first-order chi connectivity index (χ1) is 8.09. The maximum atomic E-state index is 9.50. The highest BCUT2D eigenvalue weighted by molar-refractivity contribution is 6.12. The van der Waals surface area contributed by atoms with Crippen molar-refractivity contribution < 1.29 is 14.6 Å². The minimum atomic E-state index is -0.0423. The second kappa shape index (κ2) is 2.98. The summed E-state index contributed by atoms with van der Waals surface area (Å²) in [4.78, 5) is 0. The Kier molecular flexibility index (Phi) is 1.69. The van der Waals surface area contributed by atoms with E-state index in [0.717, 1.165) is 10.8 Å². The van der Waals surface area contributed by atoms with Crippen LogP contribution in [0.2, 0.25) is 0 Å². The number of rotatable bonds is 0. The third-order valence-corrected chi connectivity index (χ3v) is 2.84. The van der Waals surface area contributed by atoms with Crippen molar-refractivity contribution in [2.45, 2.75) is 0 Å². The normalized spacial score (nSPS) is 11.3. The van der Waals surface area contributed by atoms with E-state index in [1.54, 1.807) is 12.1 Å². The fraction of sp³-hybridized carbons (Fsp3) is 0. The Morgan fingerprint density at radius 3 is 1.59 bits per heavy atom. The molecule has 0 aliphatic carbocycles. The summed E-state index contributed by atoms with van der Waals surface area (Å²) < 4.78 is 5.51. The van der Waals surface area contributed by atoms with Crippen LogP contribution in [0.3, 0.4) is 0 Å². The summed E-state index contributed by atoms with van der Waals surface area (Å²) >= 11 is 0. The van der Waals surface area contributed by atoms with Gasteiger partial charge in [-0.2, -0.15) is 0 Å². The lowest BCUT2D eigenvalue weighted by Gasteiger charge is -1.97. The van der Waals surface area contributed by atoms with Gasteiger partial charge < -0.3 is 26.1 Å². The van der Waals surface area contributed by atoms with Gasteiger partial charge >= 0.3 is 0 Å². The molecule has 0 unspecified atom stereocenters. The fourth-order valence-electron chi connectivity index (χ4n) is 1.92. The second-order valence-electron chi connectivity index (χ2n) is 3.85. The van der Waals surface area contributed by atoms with Crippen LogP contribution < -0.4 is 11.5 Å². The van der Waals surface area contributed by atoms with Crippen molar-refractivity contribution in [3.63, 3.8) is 0 Å². The number of phenolic OH excluding ortho intramolecular Hbond substituents is 2. The molecule has 86 valence electrons. The van der Waals surface area contributed by atoms with Crippen LogP contribution in [0.25, 0.3) is 21.9 Å². The van der Waals surface area contributed by atoms with Crippen LogP contribution in [-0.4, -0.2) is 10.2 Å². The molecule has 0 radical (unpaired) electrons. The molecule has 3 rings (SSSR count). The van der Waals surface area contributed by atoms with Crippen molar-refractivity contribution in [1.29, 1.82) is 0 Å². The molecule has 1 heterocycles. The summed E-state index contributed by atoms with van der Waals surface area (Å²) in [6.45, 7) is 0. The number of anilines is 2. The maximum Gasteiger partial charge on any atom is 0.162 e. The number of aromatic hydroxyl groups is 2. The predicted octanol–water partition coefficient (Wildman–Crippen LogP) is 2.16. The van der Waals surface area contributed by atoms with Crippen LogP contribution in [0.1, 0.15) is 0 Å². The number of nitrogens with two attached hydrogens (primary N) is 2. The third kappa shape index (κ3) is 1.13. The third-order valence-electron chi connectivity index (χ3n) is 2.84. The van der Waals surface area contributed by atoms with Crippen molar-refractivity contribution in [2.24, 2.45) is 0 Å². The molecule has 5 heteroatoms. The standard InChI is InChI=1S/C12H10N2O3/c13-9-7(15)3-1-5-6-2-4-8(16)10(14)12(6)17-11(5)9/h1-4,15-16H,13-14H2. The lowest BCUT2D eigenvalue weighted by atomic mass is 10.1. The van der Waals surface area contributed by atoms with Crippen LogP contribution in [-0.2, 0) is 0 Å². The fourth-order valence-corrected chi connectivity index (χ4v) is 1.92. The Morgan fingerprint density at radius 1 is 0.765 bits per heavy atom. The van der Waals surface area contributed by atoms with Crippen molar-refractivity contribution in [1.82, 2.24) is 0 Å². The van der Waals surface area contributed by atoms with E-state index in [9.17, 15) is 10.2 Å². The zero-order valence-electron chi connectivity index (χ0n) is 8.77. The zero-order valence-corrected chi connectivity index (χ0v) is 8.77. The first-order valence-electron chi connectivity index (χ1n) is 5.00. The highest BCUT2D eigenvalue weighted by Crippen LogP contribution is 2.40. The smallest absolute Gasteiger partial charge is 0.162 e.